The van der Waals surface area contributed by atoms with Gasteiger partial charge in [-0.15, -0.1) is 0 Å². The predicted molar refractivity (Wildman–Crippen MR) is 65.4 cm³/mol. The summed E-state index contributed by atoms with van der Waals surface area (Å²) in [6, 6.07) is 2.53. The predicted octanol–water partition coefficient (Wildman–Crippen LogP) is 1.50. The van der Waals surface area contributed by atoms with Crippen molar-refractivity contribution in [3.8, 4) is 0 Å². The van der Waals surface area contributed by atoms with Gasteiger partial charge in [-0.2, -0.15) is 5.10 Å². The molecule has 0 spiro atoms. The summed E-state index contributed by atoms with van der Waals surface area (Å²) in [5.74, 6) is 0. The van der Waals surface area contributed by atoms with Crippen LogP contribution >= 0.6 is 0 Å². The lowest BCUT2D eigenvalue weighted by Crippen LogP contribution is -2.30. The van der Waals surface area contributed by atoms with Crippen molar-refractivity contribution >= 4 is 0 Å². The van der Waals surface area contributed by atoms with Crippen molar-refractivity contribution in [3.05, 3.63) is 17.5 Å². The molecule has 0 saturated heterocycles. The molecule has 1 atom stereocenters. The molecule has 1 aromatic rings. The topological polar surface area (TPSA) is 39.1 Å². The lowest BCUT2D eigenvalue weighted by molar-refractivity contribution is 0.127. The van der Waals surface area contributed by atoms with Crippen molar-refractivity contribution in [2.45, 2.75) is 39.8 Å². The Hall–Kier alpha value is -0.870. The average Bonchev–Trinajstić information content (AvgIpc) is 2.64. The third-order valence-electron chi connectivity index (χ3n) is 2.59. The average molecular weight is 225 g/mol. The van der Waals surface area contributed by atoms with Crippen LogP contribution in [0.4, 0.5) is 0 Å². The Bertz CT molecular complexity index is 309. The maximum Gasteiger partial charge on any atom is 0.0625 e. The van der Waals surface area contributed by atoms with E-state index in [0.29, 0.717) is 6.04 Å². The first-order valence-corrected chi connectivity index (χ1v) is 6.00. The summed E-state index contributed by atoms with van der Waals surface area (Å²) in [5, 5.41) is 7.84. The standard InChI is InChI=1S/C12H23N3O/c1-5-11-7-12(15(4)14-11)8-13-10(3)9-16-6-2/h7,10,13H,5-6,8-9H2,1-4H3. The molecule has 0 radical (unpaired) electrons. The molecule has 4 heteroatoms. The van der Waals surface area contributed by atoms with E-state index in [1.807, 2.05) is 18.7 Å². The van der Waals surface area contributed by atoms with Gasteiger partial charge in [0.05, 0.1) is 18.0 Å². The summed E-state index contributed by atoms with van der Waals surface area (Å²) in [7, 11) is 1.99. The zero-order valence-electron chi connectivity index (χ0n) is 10.8. The Morgan fingerprint density at radius 2 is 2.25 bits per heavy atom. The molecule has 1 N–H and O–H groups in total. The lowest BCUT2D eigenvalue weighted by atomic mass is 10.3. The van der Waals surface area contributed by atoms with Gasteiger partial charge >= 0.3 is 0 Å². The highest BCUT2D eigenvalue weighted by Gasteiger charge is 2.05. The first kappa shape index (κ1) is 13.2. The van der Waals surface area contributed by atoms with Gasteiger partial charge in [0.15, 0.2) is 0 Å². The molecule has 1 aromatic heterocycles. The van der Waals surface area contributed by atoms with Gasteiger partial charge in [-0.3, -0.25) is 4.68 Å². The van der Waals surface area contributed by atoms with Gasteiger partial charge in [0.25, 0.3) is 0 Å². The van der Waals surface area contributed by atoms with Crippen molar-refractivity contribution in [2.24, 2.45) is 7.05 Å². The smallest absolute Gasteiger partial charge is 0.0625 e. The van der Waals surface area contributed by atoms with E-state index < -0.39 is 0 Å². The van der Waals surface area contributed by atoms with Gasteiger partial charge < -0.3 is 10.1 Å². The van der Waals surface area contributed by atoms with E-state index in [1.165, 1.54) is 5.69 Å². The van der Waals surface area contributed by atoms with Crippen LogP contribution in [0.2, 0.25) is 0 Å². The molecule has 0 saturated carbocycles. The number of hydrogen-bond donors (Lipinski definition) is 1. The van der Waals surface area contributed by atoms with E-state index in [9.17, 15) is 0 Å². The maximum absolute atomic E-state index is 5.36. The van der Waals surface area contributed by atoms with Crippen LogP contribution in [0.5, 0.6) is 0 Å². The summed E-state index contributed by atoms with van der Waals surface area (Å²) in [6.45, 7) is 8.65. The van der Waals surface area contributed by atoms with Crippen molar-refractivity contribution in [3.63, 3.8) is 0 Å². The number of hydrogen-bond acceptors (Lipinski definition) is 3. The molecule has 1 heterocycles. The Balaban J connectivity index is 2.38. The van der Waals surface area contributed by atoms with Crippen LogP contribution in [0.15, 0.2) is 6.07 Å². The molecule has 0 aliphatic rings. The third kappa shape index (κ3) is 3.94. The first-order valence-electron chi connectivity index (χ1n) is 6.00. The third-order valence-corrected chi connectivity index (χ3v) is 2.59. The summed E-state index contributed by atoms with van der Waals surface area (Å²) in [4.78, 5) is 0. The van der Waals surface area contributed by atoms with E-state index in [1.54, 1.807) is 0 Å². The molecule has 0 fully saturated rings. The number of nitrogens with one attached hydrogen (secondary N) is 1. The first-order chi connectivity index (χ1) is 7.67. The van der Waals surface area contributed by atoms with Crippen LogP contribution in [0.1, 0.15) is 32.2 Å². The van der Waals surface area contributed by atoms with Crippen LogP contribution in [0.3, 0.4) is 0 Å². The number of nitrogens with zero attached hydrogens (tertiary/aromatic N) is 2. The molecule has 0 bridgehead atoms. The zero-order chi connectivity index (χ0) is 12.0. The van der Waals surface area contributed by atoms with Gasteiger partial charge in [0.1, 0.15) is 0 Å². The van der Waals surface area contributed by atoms with Crippen molar-refractivity contribution in [1.82, 2.24) is 15.1 Å². The van der Waals surface area contributed by atoms with Gasteiger partial charge in [0.2, 0.25) is 0 Å². The summed E-state index contributed by atoms with van der Waals surface area (Å²) < 4.78 is 7.30. The van der Waals surface area contributed by atoms with E-state index >= 15 is 0 Å². The highest BCUT2D eigenvalue weighted by atomic mass is 16.5. The fraction of sp³-hybridized carbons (Fsp3) is 0.750. The summed E-state index contributed by atoms with van der Waals surface area (Å²) in [6.07, 6.45) is 0.988. The SMILES string of the molecule is CCOCC(C)NCc1cc(CC)nn1C. The molecule has 0 aliphatic heterocycles. The Labute approximate surface area is 98.0 Å². The Morgan fingerprint density at radius 3 is 2.81 bits per heavy atom. The fourth-order valence-corrected chi connectivity index (χ4v) is 1.54. The maximum atomic E-state index is 5.36. The van der Waals surface area contributed by atoms with E-state index in [-0.39, 0.29) is 0 Å². The highest BCUT2D eigenvalue weighted by molar-refractivity contribution is 5.09. The molecule has 4 nitrogen and oxygen atoms in total. The van der Waals surface area contributed by atoms with E-state index in [0.717, 1.165) is 31.9 Å². The Morgan fingerprint density at radius 1 is 1.50 bits per heavy atom. The van der Waals surface area contributed by atoms with Crippen LogP contribution < -0.4 is 5.32 Å². The molecule has 0 amide bonds. The molecular formula is C12H23N3O. The molecule has 0 aromatic carbocycles. The number of aryl methyl sites for hydroxylation is 2. The minimum Gasteiger partial charge on any atom is -0.380 e. The Kier molecular flexibility index (Phi) is 5.49. The second-order valence-electron chi connectivity index (χ2n) is 4.05. The van der Waals surface area contributed by atoms with Gasteiger partial charge in [0, 0.05) is 26.2 Å². The molecule has 1 unspecified atom stereocenters. The van der Waals surface area contributed by atoms with Gasteiger partial charge in [-0.25, -0.2) is 0 Å². The van der Waals surface area contributed by atoms with Crippen LogP contribution in [-0.2, 0) is 24.8 Å². The largest absolute Gasteiger partial charge is 0.380 e. The quantitative estimate of drug-likeness (QED) is 0.764. The number of aromatic nitrogens is 2. The minimum absolute atomic E-state index is 0.375. The molecule has 16 heavy (non-hydrogen) atoms. The minimum atomic E-state index is 0.375. The highest BCUT2D eigenvalue weighted by Crippen LogP contribution is 2.03. The number of rotatable bonds is 7. The van der Waals surface area contributed by atoms with Gasteiger partial charge in [-0.05, 0) is 26.3 Å². The molecular weight excluding hydrogens is 202 g/mol. The second kappa shape index (κ2) is 6.66. The molecule has 92 valence electrons. The van der Waals surface area contributed by atoms with Crippen LogP contribution in [-0.4, -0.2) is 29.0 Å². The fourth-order valence-electron chi connectivity index (χ4n) is 1.54. The zero-order valence-corrected chi connectivity index (χ0v) is 10.8. The van der Waals surface area contributed by atoms with E-state index in [2.05, 4.69) is 30.3 Å². The van der Waals surface area contributed by atoms with Crippen molar-refractivity contribution < 1.29 is 4.74 Å². The van der Waals surface area contributed by atoms with Gasteiger partial charge in [-0.1, -0.05) is 6.92 Å². The monoisotopic (exact) mass is 225 g/mol. The van der Waals surface area contributed by atoms with Crippen molar-refractivity contribution in [1.29, 1.82) is 0 Å². The number of ether oxygens (including phenoxy) is 1. The van der Waals surface area contributed by atoms with Crippen molar-refractivity contribution in [2.75, 3.05) is 13.2 Å². The summed E-state index contributed by atoms with van der Waals surface area (Å²) in [5.41, 5.74) is 2.37. The van der Waals surface area contributed by atoms with Crippen LogP contribution in [0.25, 0.3) is 0 Å². The molecule has 1 rings (SSSR count). The van der Waals surface area contributed by atoms with E-state index in [4.69, 9.17) is 4.74 Å². The second-order valence-corrected chi connectivity index (χ2v) is 4.05. The molecule has 0 aliphatic carbocycles. The lowest BCUT2D eigenvalue weighted by Gasteiger charge is -2.13. The van der Waals surface area contributed by atoms with Crippen LogP contribution in [0, 0.1) is 0 Å². The normalized spacial score (nSPS) is 13.0. The summed E-state index contributed by atoms with van der Waals surface area (Å²) >= 11 is 0.